The molecule has 0 radical (unpaired) electrons. The number of benzene rings is 2. The minimum absolute atomic E-state index is 0.231. The average Bonchev–Trinajstić information content (AvgIpc) is 2.50. The number of amides is 1. The first-order valence-corrected chi connectivity index (χ1v) is 6.88. The maximum Gasteiger partial charge on any atom is 0.411 e. The van der Waals surface area contributed by atoms with Crippen molar-refractivity contribution in [3.05, 3.63) is 59.7 Å². The van der Waals surface area contributed by atoms with Gasteiger partial charge in [-0.25, -0.2) is 4.79 Å². The van der Waals surface area contributed by atoms with Gasteiger partial charge in [0.1, 0.15) is 5.75 Å². The van der Waals surface area contributed by atoms with Gasteiger partial charge in [-0.15, -0.1) is 0 Å². The van der Waals surface area contributed by atoms with Crippen molar-refractivity contribution < 1.29 is 15.0 Å². The van der Waals surface area contributed by atoms with Crippen molar-refractivity contribution in [1.82, 2.24) is 0 Å². The monoisotopic (exact) mass is 285 g/mol. The predicted octanol–water partition coefficient (Wildman–Crippen LogP) is 4.05. The SMILES string of the molecule is CCC(c1ccc(O)cc1)c1ccc(N(C)C(=O)O)cc1. The lowest BCUT2D eigenvalue weighted by molar-refractivity contribution is 0.203. The molecule has 0 bridgehead atoms. The van der Waals surface area contributed by atoms with Crippen LogP contribution in [0.3, 0.4) is 0 Å². The second-order valence-electron chi connectivity index (χ2n) is 4.99. The summed E-state index contributed by atoms with van der Waals surface area (Å²) in [6.07, 6.45) is -0.0489. The topological polar surface area (TPSA) is 60.8 Å². The zero-order valence-corrected chi connectivity index (χ0v) is 12.2. The molecule has 0 aliphatic heterocycles. The number of phenolic OH excluding ortho intramolecular Hbond substituents is 1. The smallest absolute Gasteiger partial charge is 0.411 e. The van der Waals surface area contributed by atoms with Crippen LogP contribution in [0, 0.1) is 0 Å². The van der Waals surface area contributed by atoms with Crippen molar-refractivity contribution in [2.45, 2.75) is 19.3 Å². The maximum absolute atomic E-state index is 10.9. The van der Waals surface area contributed by atoms with Gasteiger partial charge in [0.2, 0.25) is 0 Å². The molecule has 4 nitrogen and oxygen atoms in total. The third kappa shape index (κ3) is 3.34. The Morgan fingerprint density at radius 2 is 1.52 bits per heavy atom. The van der Waals surface area contributed by atoms with Crippen LogP contribution in [-0.4, -0.2) is 23.4 Å². The van der Waals surface area contributed by atoms with E-state index in [1.165, 1.54) is 11.9 Å². The van der Waals surface area contributed by atoms with Crippen LogP contribution in [0.25, 0.3) is 0 Å². The summed E-state index contributed by atoms with van der Waals surface area (Å²) in [6, 6.07) is 14.7. The molecule has 1 amide bonds. The van der Waals surface area contributed by atoms with Gasteiger partial charge in [-0.3, -0.25) is 4.90 Å². The van der Waals surface area contributed by atoms with Gasteiger partial charge in [0.05, 0.1) is 0 Å². The van der Waals surface area contributed by atoms with Crippen LogP contribution in [-0.2, 0) is 0 Å². The van der Waals surface area contributed by atoms with Crippen molar-refractivity contribution in [3.8, 4) is 5.75 Å². The quantitative estimate of drug-likeness (QED) is 0.891. The van der Waals surface area contributed by atoms with Crippen LogP contribution in [0.15, 0.2) is 48.5 Å². The van der Waals surface area contributed by atoms with Crippen molar-refractivity contribution >= 4 is 11.8 Å². The summed E-state index contributed by atoms with van der Waals surface area (Å²) in [5.41, 5.74) is 2.91. The fourth-order valence-electron chi connectivity index (χ4n) is 2.41. The summed E-state index contributed by atoms with van der Waals surface area (Å²) in [4.78, 5) is 12.1. The second kappa shape index (κ2) is 6.31. The molecular weight excluding hydrogens is 266 g/mol. The number of rotatable bonds is 4. The molecule has 0 spiro atoms. The number of anilines is 1. The molecule has 0 saturated carbocycles. The molecule has 0 fully saturated rings. The van der Waals surface area contributed by atoms with E-state index in [0.717, 1.165) is 17.5 Å². The van der Waals surface area contributed by atoms with E-state index in [4.69, 9.17) is 5.11 Å². The van der Waals surface area contributed by atoms with Crippen molar-refractivity contribution in [2.24, 2.45) is 0 Å². The Morgan fingerprint density at radius 1 is 1.05 bits per heavy atom. The minimum atomic E-state index is -0.978. The van der Waals surface area contributed by atoms with Crippen molar-refractivity contribution in [3.63, 3.8) is 0 Å². The largest absolute Gasteiger partial charge is 0.508 e. The number of nitrogens with zero attached hydrogens (tertiary/aromatic N) is 1. The van der Waals surface area contributed by atoms with Crippen LogP contribution in [0.4, 0.5) is 10.5 Å². The summed E-state index contributed by atoms with van der Waals surface area (Å²) >= 11 is 0. The predicted molar refractivity (Wildman–Crippen MR) is 83.1 cm³/mol. The Kier molecular flexibility index (Phi) is 4.48. The summed E-state index contributed by atoms with van der Waals surface area (Å²) < 4.78 is 0. The van der Waals surface area contributed by atoms with Crippen LogP contribution in [0.5, 0.6) is 5.75 Å². The van der Waals surface area contributed by atoms with Crippen LogP contribution >= 0.6 is 0 Å². The van der Waals surface area contributed by atoms with E-state index in [-0.39, 0.29) is 11.7 Å². The third-order valence-electron chi connectivity index (χ3n) is 3.67. The van der Waals surface area contributed by atoms with E-state index < -0.39 is 6.09 Å². The molecular formula is C17H19NO3. The van der Waals surface area contributed by atoms with Crippen molar-refractivity contribution in [2.75, 3.05) is 11.9 Å². The molecule has 4 heteroatoms. The minimum Gasteiger partial charge on any atom is -0.508 e. The zero-order chi connectivity index (χ0) is 15.4. The first kappa shape index (κ1) is 14.9. The van der Waals surface area contributed by atoms with Crippen LogP contribution in [0.2, 0.25) is 0 Å². The Hall–Kier alpha value is -2.49. The highest BCUT2D eigenvalue weighted by atomic mass is 16.4. The molecule has 21 heavy (non-hydrogen) atoms. The van der Waals surface area contributed by atoms with Gasteiger partial charge < -0.3 is 10.2 Å². The maximum atomic E-state index is 10.9. The van der Waals surface area contributed by atoms with Crippen molar-refractivity contribution in [1.29, 1.82) is 0 Å². The highest BCUT2D eigenvalue weighted by molar-refractivity contribution is 5.85. The number of phenols is 1. The van der Waals surface area contributed by atoms with E-state index in [1.54, 1.807) is 12.1 Å². The third-order valence-corrected chi connectivity index (χ3v) is 3.67. The molecule has 0 aliphatic rings. The number of carbonyl (C=O) groups is 1. The first-order valence-electron chi connectivity index (χ1n) is 6.88. The average molecular weight is 285 g/mol. The fraction of sp³-hybridized carbons (Fsp3) is 0.235. The molecule has 0 aliphatic carbocycles. The summed E-state index contributed by atoms with van der Waals surface area (Å²) in [5.74, 6) is 0.488. The first-order chi connectivity index (χ1) is 10.0. The van der Waals surface area contributed by atoms with Gasteiger partial charge in [0, 0.05) is 18.7 Å². The summed E-state index contributed by atoms with van der Waals surface area (Å²) in [7, 11) is 1.52. The molecule has 0 heterocycles. The molecule has 1 atom stereocenters. The molecule has 110 valence electrons. The zero-order valence-electron chi connectivity index (χ0n) is 12.2. The van der Waals surface area contributed by atoms with Gasteiger partial charge >= 0.3 is 6.09 Å². The van der Waals surface area contributed by atoms with Gasteiger partial charge in [0.25, 0.3) is 0 Å². The number of hydrogen-bond acceptors (Lipinski definition) is 2. The molecule has 2 rings (SSSR count). The van der Waals surface area contributed by atoms with Gasteiger partial charge in [-0.2, -0.15) is 0 Å². The van der Waals surface area contributed by atoms with E-state index >= 15 is 0 Å². The Morgan fingerprint density at radius 3 is 1.95 bits per heavy atom. The Labute approximate surface area is 124 Å². The lowest BCUT2D eigenvalue weighted by atomic mass is 9.89. The lowest BCUT2D eigenvalue weighted by Gasteiger charge is -2.18. The summed E-state index contributed by atoms with van der Waals surface area (Å²) in [5, 5.41) is 18.3. The standard InChI is InChI=1S/C17H19NO3/c1-3-16(13-6-10-15(19)11-7-13)12-4-8-14(9-5-12)18(2)17(20)21/h4-11,16,19H,3H2,1-2H3,(H,20,21). The highest BCUT2D eigenvalue weighted by Gasteiger charge is 2.13. The van der Waals surface area contributed by atoms with E-state index in [0.29, 0.717) is 5.69 Å². The highest BCUT2D eigenvalue weighted by Crippen LogP contribution is 2.30. The second-order valence-corrected chi connectivity index (χ2v) is 4.99. The molecule has 2 N–H and O–H groups in total. The van der Waals surface area contributed by atoms with Gasteiger partial charge in [-0.05, 0) is 41.8 Å². The van der Waals surface area contributed by atoms with Crippen LogP contribution < -0.4 is 4.90 Å². The Bertz CT molecular complexity index is 605. The van der Waals surface area contributed by atoms with E-state index in [1.807, 2.05) is 36.4 Å². The van der Waals surface area contributed by atoms with Gasteiger partial charge in [0.15, 0.2) is 0 Å². The fourth-order valence-corrected chi connectivity index (χ4v) is 2.41. The lowest BCUT2D eigenvalue weighted by Crippen LogP contribution is -2.23. The number of carboxylic acid groups (broad SMARTS) is 1. The molecule has 2 aromatic carbocycles. The molecule has 1 unspecified atom stereocenters. The van der Waals surface area contributed by atoms with E-state index in [9.17, 15) is 9.90 Å². The molecule has 2 aromatic rings. The van der Waals surface area contributed by atoms with Crippen LogP contribution in [0.1, 0.15) is 30.4 Å². The summed E-state index contributed by atoms with van der Waals surface area (Å²) in [6.45, 7) is 2.11. The number of hydrogen-bond donors (Lipinski definition) is 2. The number of aromatic hydroxyl groups is 1. The molecule has 0 aromatic heterocycles. The van der Waals surface area contributed by atoms with E-state index in [2.05, 4.69) is 6.92 Å². The Balaban J connectivity index is 2.27. The molecule has 0 saturated heterocycles. The normalized spacial score (nSPS) is 11.9. The van der Waals surface area contributed by atoms with Gasteiger partial charge in [-0.1, -0.05) is 31.2 Å².